The van der Waals surface area contributed by atoms with Gasteiger partial charge in [-0.15, -0.1) is 0 Å². The Morgan fingerprint density at radius 1 is 1.05 bits per heavy atom. The van der Waals surface area contributed by atoms with Gasteiger partial charge in [0, 0.05) is 37.1 Å². The van der Waals surface area contributed by atoms with Crippen LogP contribution < -0.4 is 10.6 Å². The minimum atomic E-state index is -4.67. The number of benzene rings is 2. The van der Waals surface area contributed by atoms with E-state index in [0.717, 1.165) is 50.2 Å². The number of hydrogen-bond donors (Lipinski definition) is 2. The summed E-state index contributed by atoms with van der Waals surface area (Å²) in [5.41, 5.74) is 0.475. The smallest absolute Gasteiger partial charge is 0.379 e. The number of alkyl halides is 3. The molecule has 2 aromatic heterocycles. The van der Waals surface area contributed by atoms with Gasteiger partial charge in [-0.2, -0.15) is 18.3 Å². The molecule has 2 N–H and O–H groups in total. The molecule has 0 aliphatic carbocycles. The van der Waals surface area contributed by atoms with Crippen LogP contribution in [0.15, 0.2) is 55.0 Å². The van der Waals surface area contributed by atoms with Crippen molar-refractivity contribution >= 4 is 28.4 Å². The van der Waals surface area contributed by atoms with Crippen molar-refractivity contribution in [3.63, 3.8) is 0 Å². The van der Waals surface area contributed by atoms with Crippen molar-refractivity contribution in [1.29, 1.82) is 0 Å². The molecule has 0 saturated carbocycles. The third-order valence-corrected chi connectivity index (χ3v) is 7.02. The van der Waals surface area contributed by atoms with Crippen molar-refractivity contribution in [3.05, 3.63) is 66.4 Å². The lowest BCUT2D eigenvalue weighted by atomic mass is 10.0. The molecule has 9 nitrogen and oxygen atoms in total. The zero-order valence-corrected chi connectivity index (χ0v) is 22.5. The Kier molecular flexibility index (Phi) is 7.91. The molecular weight excluding hydrogens is 542 g/mol. The number of carbonyl (C=O) groups is 1. The van der Waals surface area contributed by atoms with Gasteiger partial charge in [-0.1, -0.05) is 12.1 Å². The SMILES string of the molecule is CC(C)(CCN1CCOCC1)n1nc(-c2ccc(NC(=O)Nc3cc(C(F)(F)F)ccc3F)cc2)c2cncnc21. The maximum atomic E-state index is 14.0. The van der Waals surface area contributed by atoms with Gasteiger partial charge in [0.05, 0.1) is 35.4 Å². The highest BCUT2D eigenvalue weighted by Crippen LogP contribution is 2.33. The van der Waals surface area contributed by atoms with Crippen molar-refractivity contribution in [2.24, 2.45) is 0 Å². The lowest BCUT2D eigenvalue weighted by Gasteiger charge is -2.32. The number of urea groups is 1. The summed E-state index contributed by atoms with van der Waals surface area (Å²) in [5, 5.41) is 10.3. The Hall–Kier alpha value is -4.10. The van der Waals surface area contributed by atoms with Gasteiger partial charge >= 0.3 is 12.2 Å². The molecule has 4 aromatic rings. The summed E-state index contributed by atoms with van der Waals surface area (Å²) in [6, 6.07) is 7.67. The number of anilines is 2. The van der Waals surface area contributed by atoms with E-state index in [-0.39, 0.29) is 5.54 Å². The van der Waals surface area contributed by atoms with Crippen molar-refractivity contribution in [1.82, 2.24) is 24.6 Å². The lowest BCUT2D eigenvalue weighted by Crippen LogP contribution is -2.40. The van der Waals surface area contributed by atoms with Crippen molar-refractivity contribution in [3.8, 4) is 11.3 Å². The number of nitrogens with one attached hydrogen (secondary N) is 2. The summed E-state index contributed by atoms with van der Waals surface area (Å²) in [7, 11) is 0. The van der Waals surface area contributed by atoms with E-state index in [0.29, 0.717) is 35.2 Å². The number of amides is 2. The molecule has 3 heterocycles. The Labute approximate surface area is 233 Å². The van der Waals surface area contributed by atoms with Crippen LogP contribution in [-0.2, 0) is 16.5 Å². The van der Waals surface area contributed by atoms with E-state index in [1.165, 1.54) is 6.33 Å². The van der Waals surface area contributed by atoms with Gasteiger partial charge in [0.15, 0.2) is 5.65 Å². The molecule has 1 fully saturated rings. The molecule has 13 heteroatoms. The van der Waals surface area contributed by atoms with Gasteiger partial charge < -0.3 is 15.4 Å². The second-order valence-electron chi connectivity index (χ2n) is 10.4. The maximum Gasteiger partial charge on any atom is 0.416 e. The first kappa shape index (κ1) is 28.4. The van der Waals surface area contributed by atoms with E-state index in [1.54, 1.807) is 30.5 Å². The van der Waals surface area contributed by atoms with Crippen LogP contribution in [0.2, 0.25) is 0 Å². The Balaban J connectivity index is 1.32. The molecule has 0 bridgehead atoms. The number of hydrogen-bond acceptors (Lipinski definition) is 6. The second-order valence-corrected chi connectivity index (χ2v) is 10.4. The standard InChI is InChI=1S/C28H29F4N7O2/c1-27(2,9-10-38-11-13-41-14-12-38)39-25-21(16-33-17-34-25)24(37-39)18-3-6-20(7-4-18)35-26(40)36-23-15-19(28(30,31)32)5-8-22(23)29/h3-8,15-17H,9-14H2,1-2H3,(H2,35,36,40). The predicted molar refractivity (Wildman–Crippen MR) is 146 cm³/mol. The van der Waals surface area contributed by atoms with Crippen LogP contribution in [0.1, 0.15) is 25.8 Å². The summed E-state index contributed by atoms with van der Waals surface area (Å²) < 4.78 is 60.3. The van der Waals surface area contributed by atoms with Crippen LogP contribution >= 0.6 is 0 Å². The average molecular weight is 572 g/mol. The predicted octanol–water partition coefficient (Wildman–Crippen LogP) is 5.75. The number of halogens is 4. The minimum Gasteiger partial charge on any atom is -0.379 e. The minimum absolute atomic E-state index is 0.346. The number of carbonyl (C=O) groups excluding carboxylic acids is 1. The van der Waals surface area contributed by atoms with E-state index in [9.17, 15) is 22.4 Å². The van der Waals surface area contributed by atoms with Crippen LogP contribution in [0.3, 0.4) is 0 Å². The van der Waals surface area contributed by atoms with Crippen molar-refractivity contribution in [2.75, 3.05) is 43.5 Å². The van der Waals surface area contributed by atoms with Gasteiger partial charge in [-0.3, -0.25) is 4.90 Å². The molecule has 2 amide bonds. The molecule has 216 valence electrons. The fraction of sp³-hybridized carbons (Fsp3) is 0.357. The summed E-state index contributed by atoms with van der Waals surface area (Å²) >= 11 is 0. The van der Waals surface area contributed by atoms with E-state index >= 15 is 0 Å². The van der Waals surface area contributed by atoms with E-state index < -0.39 is 29.3 Å². The zero-order valence-electron chi connectivity index (χ0n) is 22.5. The first-order valence-electron chi connectivity index (χ1n) is 13.1. The first-order valence-corrected chi connectivity index (χ1v) is 13.1. The molecule has 1 aliphatic heterocycles. The van der Waals surface area contributed by atoms with Gasteiger partial charge in [0.25, 0.3) is 0 Å². The maximum absolute atomic E-state index is 14.0. The second kappa shape index (κ2) is 11.4. The topological polar surface area (TPSA) is 97.2 Å². The van der Waals surface area contributed by atoms with Gasteiger partial charge in [-0.25, -0.2) is 23.8 Å². The fourth-order valence-electron chi connectivity index (χ4n) is 4.65. The first-order chi connectivity index (χ1) is 19.5. The number of fused-ring (bicyclic) bond motifs is 1. The number of aromatic nitrogens is 4. The summed E-state index contributed by atoms with van der Waals surface area (Å²) in [6.45, 7) is 8.39. The summed E-state index contributed by atoms with van der Waals surface area (Å²) in [4.78, 5) is 23.5. The molecule has 0 atom stereocenters. The van der Waals surface area contributed by atoms with Crippen LogP contribution in [-0.4, -0.2) is 63.5 Å². The largest absolute Gasteiger partial charge is 0.416 e. The Morgan fingerprint density at radius 3 is 2.49 bits per heavy atom. The quantitative estimate of drug-likeness (QED) is 0.274. The lowest BCUT2D eigenvalue weighted by molar-refractivity contribution is -0.137. The highest BCUT2D eigenvalue weighted by atomic mass is 19.4. The summed E-state index contributed by atoms with van der Waals surface area (Å²) in [5.74, 6) is -0.985. The molecule has 41 heavy (non-hydrogen) atoms. The average Bonchev–Trinajstić information content (AvgIpc) is 3.34. The van der Waals surface area contributed by atoms with Gasteiger partial charge in [0.2, 0.25) is 0 Å². The van der Waals surface area contributed by atoms with E-state index in [1.807, 2.05) is 4.68 Å². The Morgan fingerprint density at radius 2 is 1.78 bits per heavy atom. The fourth-order valence-corrected chi connectivity index (χ4v) is 4.65. The van der Waals surface area contributed by atoms with Crippen LogP contribution in [0.5, 0.6) is 0 Å². The third-order valence-electron chi connectivity index (χ3n) is 7.02. The van der Waals surface area contributed by atoms with Crippen LogP contribution in [0.4, 0.5) is 33.7 Å². The van der Waals surface area contributed by atoms with Gasteiger partial charge in [0.1, 0.15) is 17.8 Å². The van der Waals surface area contributed by atoms with Crippen LogP contribution in [0, 0.1) is 5.82 Å². The number of nitrogens with zero attached hydrogens (tertiary/aromatic N) is 5. The highest BCUT2D eigenvalue weighted by Gasteiger charge is 2.31. The number of ether oxygens (including phenoxy) is 1. The van der Waals surface area contributed by atoms with Crippen molar-refractivity contribution < 1.29 is 27.1 Å². The van der Waals surface area contributed by atoms with Crippen LogP contribution in [0.25, 0.3) is 22.3 Å². The molecule has 0 radical (unpaired) electrons. The molecule has 1 saturated heterocycles. The van der Waals surface area contributed by atoms with Gasteiger partial charge in [-0.05, 0) is 50.6 Å². The molecular formula is C28H29F4N7O2. The van der Waals surface area contributed by atoms with E-state index in [2.05, 4.69) is 39.3 Å². The molecule has 2 aromatic carbocycles. The number of morpholine rings is 1. The monoisotopic (exact) mass is 571 g/mol. The normalized spacial score (nSPS) is 14.8. The zero-order chi connectivity index (χ0) is 29.2. The van der Waals surface area contributed by atoms with E-state index in [4.69, 9.17) is 9.84 Å². The molecule has 0 unspecified atom stereocenters. The number of rotatable bonds is 7. The van der Waals surface area contributed by atoms with Crippen molar-refractivity contribution in [2.45, 2.75) is 32.0 Å². The Bertz CT molecular complexity index is 1530. The summed E-state index contributed by atoms with van der Waals surface area (Å²) in [6.07, 6.45) is -0.627. The molecule has 0 spiro atoms. The molecule has 1 aliphatic rings. The third kappa shape index (κ3) is 6.46. The molecule has 5 rings (SSSR count). The highest BCUT2D eigenvalue weighted by molar-refractivity contribution is 6.00.